The van der Waals surface area contributed by atoms with Gasteiger partial charge in [0.1, 0.15) is 5.75 Å². The van der Waals surface area contributed by atoms with E-state index in [0.29, 0.717) is 37.2 Å². The lowest BCUT2D eigenvalue weighted by Crippen LogP contribution is -2.14. The van der Waals surface area contributed by atoms with Gasteiger partial charge in [0, 0.05) is 21.4 Å². The van der Waals surface area contributed by atoms with Crippen LogP contribution in [0.4, 0.5) is 11.4 Å². The number of nitrogens with one attached hydrogen (secondary N) is 2. The zero-order valence-electron chi connectivity index (χ0n) is 14.8. The van der Waals surface area contributed by atoms with Crippen LogP contribution in [0.3, 0.4) is 0 Å². The van der Waals surface area contributed by atoms with Crippen molar-refractivity contribution in [3.63, 3.8) is 0 Å². The summed E-state index contributed by atoms with van der Waals surface area (Å²) in [5.74, 6) is 0.140. The van der Waals surface area contributed by atoms with Gasteiger partial charge in [0.15, 0.2) is 0 Å². The summed E-state index contributed by atoms with van der Waals surface area (Å²) in [6, 6.07) is 19.2. The molecule has 0 atom stereocenters. The summed E-state index contributed by atoms with van der Waals surface area (Å²) in [6.45, 7) is 0. The molecule has 0 fully saturated rings. The predicted octanol–water partition coefficient (Wildman–Crippen LogP) is 5.72. The fourth-order valence-corrected chi connectivity index (χ4v) is 3.53. The van der Waals surface area contributed by atoms with Crippen molar-refractivity contribution in [3.05, 3.63) is 86.8 Å². The number of benzene rings is 3. The molecular formula is C21H16Br2N2O3. The van der Waals surface area contributed by atoms with Crippen molar-refractivity contribution in [2.75, 3.05) is 17.7 Å². The fourth-order valence-electron chi connectivity index (χ4n) is 2.53. The van der Waals surface area contributed by atoms with Gasteiger partial charge in [-0.2, -0.15) is 0 Å². The third kappa shape index (κ3) is 4.79. The van der Waals surface area contributed by atoms with E-state index in [-0.39, 0.29) is 11.8 Å². The molecule has 0 aliphatic heterocycles. The Hall–Kier alpha value is -2.64. The highest BCUT2D eigenvalue weighted by Gasteiger charge is 2.12. The molecule has 3 aromatic rings. The van der Waals surface area contributed by atoms with Crippen LogP contribution in [0.5, 0.6) is 5.75 Å². The maximum Gasteiger partial charge on any atom is 0.256 e. The number of rotatable bonds is 5. The normalized spacial score (nSPS) is 10.2. The fraction of sp³-hybridized carbons (Fsp3) is 0.0476. The van der Waals surface area contributed by atoms with Crippen molar-refractivity contribution >= 4 is 55.0 Å². The van der Waals surface area contributed by atoms with E-state index in [1.165, 1.54) is 0 Å². The molecule has 28 heavy (non-hydrogen) atoms. The molecule has 0 aliphatic carbocycles. The molecule has 0 saturated carbocycles. The first-order valence-electron chi connectivity index (χ1n) is 8.29. The zero-order valence-corrected chi connectivity index (χ0v) is 18.0. The van der Waals surface area contributed by atoms with Crippen LogP contribution in [0.25, 0.3) is 0 Å². The van der Waals surface area contributed by atoms with Crippen LogP contribution in [0.15, 0.2) is 75.7 Å². The monoisotopic (exact) mass is 502 g/mol. The molecule has 142 valence electrons. The summed E-state index contributed by atoms with van der Waals surface area (Å²) in [5.41, 5.74) is 2.16. The summed E-state index contributed by atoms with van der Waals surface area (Å²) in [5, 5.41) is 5.66. The van der Waals surface area contributed by atoms with Gasteiger partial charge in [-0.05, 0) is 80.4 Å². The molecule has 0 aromatic heterocycles. The number of anilines is 2. The van der Waals surface area contributed by atoms with Crippen LogP contribution >= 0.6 is 31.9 Å². The van der Waals surface area contributed by atoms with E-state index in [0.717, 1.165) is 0 Å². The number of ether oxygens (including phenoxy) is 1. The lowest BCUT2D eigenvalue weighted by molar-refractivity contribution is 0.101. The minimum absolute atomic E-state index is 0.241. The minimum Gasteiger partial charge on any atom is -0.496 e. The van der Waals surface area contributed by atoms with Crippen LogP contribution < -0.4 is 15.4 Å². The molecule has 3 rings (SSSR count). The molecule has 2 N–H and O–H groups in total. The van der Waals surface area contributed by atoms with Crippen molar-refractivity contribution in [2.45, 2.75) is 0 Å². The number of hydrogen-bond donors (Lipinski definition) is 2. The summed E-state index contributed by atoms with van der Waals surface area (Å²) in [6.07, 6.45) is 0. The predicted molar refractivity (Wildman–Crippen MR) is 117 cm³/mol. The average molecular weight is 504 g/mol. The number of carbonyl (C=O) groups excluding carboxylic acids is 2. The first-order chi connectivity index (χ1) is 13.5. The third-order valence-corrected chi connectivity index (χ3v) is 5.22. The van der Waals surface area contributed by atoms with Crippen LogP contribution in [0.1, 0.15) is 20.7 Å². The lowest BCUT2D eigenvalue weighted by Gasteiger charge is -2.10. The molecule has 5 nitrogen and oxygen atoms in total. The Labute approximate surface area is 179 Å². The van der Waals surface area contributed by atoms with E-state index in [2.05, 4.69) is 42.5 Å². The molecule has 0 unspecified atom stereocenters. The van der Waals surface area contributed by atoms with E-state index in [1.54, 1.807) is 67.8 Å². The molecule has 0 radical (unpaired) electrons. The smallest absolute Gasteiger partial charge is 0.256 e. The largest absolute Gasteiger partial charge is 0.496 e. The Morgan fingerprint density at radius 1 is 0.786 bits per heavy atom. The van der Waals surface area contributed by atoms with E-state index >= 15 is 0 Å². The van der Waals surface area contributed by atoms with Gasteiger partial charge in [0.25, 0.3) is 11.8 Å². The van der Waals surface area contributed by atoms with Crippen LogP contribution in [-0.4, -0.2) is 18.9 Å². The van der Waals surface area contributed by atoms with Crippen LogP contribution in [-0.2, 0) is 0 Å². The number of halogens is 2. The number of amides is 2. The maximum atomic E-state index is 12.5. The zero-order chi connectivity index (χ0) is 20.1. The Kier molecular flexibility index (Phi) is 6.49. The van der Waals surface area contributed by atoms with E-state index in [9.17, 15) is 9.59 Å². The summed E-state index contributed by atoms with van der Waals surface area (Å²) >= 11 is 6.74. The van der Waals surface area contributed by atoms with Gasteiger partial charge < -0.3 is 15.4 Å². The Balaban J connectivity index is 1.73. The number of carbonyl (C=O) groups is 2. The molecule has 0 bridgehead atoms. The Morgan fingerprint density at radius 3 is 2.11 bits per heavy atom. The summed E-state index contributed by atoms with van der Waals surface area (Å²) < 4.78 is 6.58. The average Bonchev–Trinajstić information content (AvgIpc) is 2.68. The van der Waals surface area contributed by atoms with E-state index < -0.39 is 0 Å². The van der Waals surface area contributed by atoms with Gasteiger partial charge in [0.05, 0.1) is 17.1 Å². The third-order valence-electron chi connectivity index (χ3n) is 3.91. The number of hydrogen-bond acceptors (Lipinski definition) is 3. The molecule has 0 spiro atoms. The van der Waals surface area contributed by atoms with E-state index in [4.69, 9.17) is 4.74 Å². The van der Waals surface area contributed by atoms with Crippen molar-refractivity contribution in [2.24, 2.45) is 0 Å². The molecule has 3 aromatic carbocycles. The minimum atomic E-state index is -0.266. The highest BCUT2D eigenvalue weighted by atomic mass is 79.9. The van der Waals surface area contributed by atoms with Crippen molar-refractivity contribution in [1.29, 1.82) is 0 Å². The maximum absolute atomic E-state index is 12.5. The highest BCUT2D eigenvalue weighted by molar-refractivity contribution is 9.10. The Morgan fingerprint density at radius 2 is 1.46 bits per heavy atom. The topological polar surface area (TPSA) is 67.4 Å². The highest BCUT2D eigenvalue weighted by Crippen LogP contribution is 2.26. The first-order valence-corrected chi connectivity index (χ1v) is 9.87. The molecule has 0 saturated heterocycles. The van der Waals surface area contributed by atoms with Crippen molar-refractivity contribution in [1.82, 2.24) is 0 Å². The van der Waals surface area contributed by atoms with E-state index in [1.807, 2.05) is 6.07 Å². The number of methoxy groups -OCH3 is 1. The SMILES string of the molecule is COc1ccc(C(=O)Nc2cccc(NC(=O)c3ccccc3Br)c2)cc1Br. The van der Waals surface area contributed by atoms with Gasteiger partial charge in [0.2, 0.25) is 0 Å². The second kappa shape index (κ2) is 9.03. The Bertz CT molecular complexity index is 1040. The van der Waals surface area contributed by atoms with Crippen LogP contribution in [0, 0.1) is 0 Å². The molecule has 2 amide bonds. The van der Waals surface area contributed by atoms with Gasteiger partial charge >= 0.3 is 0 Å². The quantitative estimate of drug-likeness (QED) is 0.467. The van der Waals surface area contributed by atoms with Crippen molar-refractivity contribution in [3.8, 4) is 5.75 Å². The van der Waals surface area contributed by atoms with Crippen LogP contribution in [0.2, 0.25) is 0 Å². The summed E-state index contributed by atoms with van der Waals surface area (Å²) in [7, 11) is 1.56. The van der Waals surface area contributed by atoms with Gasteiger partial charge in [-0.25, -0.2) is 0 Å². The second-order valence-corrected chi connectivity index (χ2v) is 7.53. The lowest BCUT2D eigenvalue weighted by atomic mass is 10.2. The van der Waals surface area contributed by atoms with Crippen molar-refractivity contribution < 1.29 is 14.3 Å². The first kappa shape index (κ1) is 20.1. The molecule has 0 heterocycles. The van der Waals surface area contributed by atoms with Gasteiger partial charge in [-0.15, -0.1) is 0 Å². The molecule has 7 heteroatoms. The standard InChI is InChI=1S/C21H16Br2N2O3/c1-28-19-10-9-13(11-18(19)23)20(26)24-14-5-4-6-15(12-14)25-21(27)16-7-2-3-8-17(16)22/h2-12H,1H3,(H,24,26)(H,25,27). The van der Waals surface area contributed by atoms with Gasteiger partial charge in [-0.1, -0.05) is 18.2 Å². The molecular weight excluding hydrogens is 488 g/mol. The molecule has 0 aliphatic rings. The second-order valence-electron chi connectivity index (χ2n) is 5.82. The van der Waals surface area contributed by atoms with Gasteiger partial charge in [-0.3, -0.25) is 9.59 Å². The summed E-state index contributed by atoms with van der Waals surface area (Å²) in [4.78, 5) is 24.9.